The number of rotatable bonds is 7. The number of carbonyl (C=O) groups is 3. The summed E-state index contributed by atoms with van der Waals surface area (Å²) in [6.07, 6.45) is 4.72. The van der Waals surface area contributed by atoms with Crippen LogP contribution in [0.4, 0.5) is 0 Å². The molecule has 1 rings (SSSR count). The van der Waals surface area contributed by atoms with Crippen molar-refractivity contribution in [2.75, 3.05) is 6.54 Å². The Morgan fingerprint density at radius 1 is 1.22 bits per heavy atom. The lowest BCUT2D eigenvalue weighted by Crippen LogP contribution is -2.31. The Bertz CT molecular complexity index is 340. The van der Waals surface area contributed by atoms with E-state index < -0.39 is 0 Å². The van der Waals surface area contributed by atoms with Gasteiger partial charge in [-0.05, 0) is 19.3 Å². The Balaban J connectivity index is 2.23. The second-order valence-corrected chi connectivity index (χ2v) is 4.19. The molecule has 0 aromatic heterocycles. The Kier molecular flexibility index (Phi) is 5.55. The molecule has 0 saturated heterocycles. The highest BCUT2D eigenvalue weighted by atomic mass is 16.5. The first-order chi connectivity index (χ1) is 8.58. The van der Waals surface area contributed by atoms with Crippen LogP contribution >= 0.6 is 0 Å². The topological polar surface area (TPSA) is 63.7 Å². The number of imide groups is 1. The predicted molar refractivity (Wildman–Crippen MR) is 65.6 cm³/mol. The van der Waals surface area contributed by atoms with Gasteiger partial charge in [-0.1, -0.05) is 13.8 Å². The average Bonchev–Trinajstić information content (AvgIpc) is 2.67. The van der Waals surface area contributed by atoms with Gasteiger partial charge < -0.3 is 4.74 Å². The number of hydrogen-bond acceptors (Lipinski definition) is 4. The monoisotopic (exact) mass is 253 g/mol. The molecule has 1 aliphatic heterocycles. The minimum atomic E-state index is -0.312. The van der Waals surface area contributed by atoms with Crippen LogP contribution in [0, 0.1) is 0 Å². The first kappa shape index (κ1) is 14.4. The molecule has 1 heterocycles. The van der Waals surface area contributed by atoms with Crippen LogP contribution in [0.25, 0.3) is 0 Å². The molecule has 0 aromatic carbocycles. The van der Waals surface area contributed by atoms with Gasteiger partial charge in [-0.3, -0.25) is 19.3 Å². The van der Waals surface area contributed by atoms with Crippen LogP contribution in [0.1, 0.15) is 39.5 Å². The van der Waals surface area contributed by atoms with Crippen molar-refractivity contribution in [2.24, 2.45) is 0 Å². The van der Waals surface area contributed by atoms with Crippen LogP contribution in [0.3, 0.4) is 0 Å². The lowest BCUT2D eigenvalue weighted by atomic mass is 10.2. The average molecular weight is 253 g/mol. The molecule has 0 unspecified atom stereocenters. The third-order valence-electron chi connectivity index (χ3n) is 2.87. The van der Waals surface area contributed by atoms with Gasteiger partial charge in [-0.2, -0.15) is 0 Å². The van der Waals surface area contributed by atoms with E-state index in [4.69, 9.17) is 4.74 Å². The fourth-order valence-corrected chi connectivity index (χ4v) is 1.73. The van der Waals surface area contributed by atoms with Crippen molar-refractivity contribution in [3.8, 4) is 0 Å². The summed E-state index contributed by atoms with van der Waals surface area (Å²) in [7, 11) is 0. The highest BCUT2D eigenvalue weighted by Crippen LogP contribution is 2.08. The molecule has 1 aliphatic rings. The van der Waals surface area contributed by atoms with Crippen LogP contribution in [0.2, 0.25) is 0 Å². The van der Waals surface area contributed by atoms with Gasteiger partial charge in [0.25, 0.3) is 11.8 Å². The molecular formula is C13H19NO4. The number of hydrogen-bond donors (Lipinski definition) is 0. The van der Waals surface area contributed by atoms with Gasteiger partial charge in [0.15, 0.2) is 0 Å². The van der Waals surface area contributed by atoms with Crippen LogP contribution in [0.5, 0.6) is 0 Å². The molecule has 2 amide bonds. The van der Waals surface area contributed by atoms with Crippen LogP contribution < -0.4 is 0 Å². The Hall–Kier alpha value is -1.65. The smallest absolute Gasteiger partial charge is 0.306 e. The maximum absolute atomic E-state index is 11.5. The summed E-state index contributed by atoms with van der Waals surface area (Å²) in [6, 6.07) is 0. The van der Waals surface area contributed by atoms with E-state index in [1.54, 1.807) is 0 Å². The van der Waals surface area contributed by atoms with E-state index in [0.717, 1.165) is 17.7 Å². The van der Waals surface area contributed by atoms with Crippen molar-refractivity contribution in [1.82, 2.24) is 4.90 Å². The minimum Gasteiger partial charge on any atom is -0.462 e. The summed E-state index contributed by atoms with van der Waals surface area (Å²) in [5.74, 6) is -0.891. The zero-order chi connectivity index (χ0) is 13.5. The second kappa shape index (κ2) is 6.93. The van der Waals surface area contributed by atoms with Gasteiger partial charge in [0, 0.05) is 25.1 Å². The zero-order valence-electron chi connectivity index (χ0n) is 10.8. The fraction of sp³-hybridized carbons (Fsp3) is 0.615. The summed E-state index contributed by atoms with van der Waals surface area (Å²) in [5, 5.41) is 0. The van der Waals surface area contributed by atoms with Crippen LogP contribution in [-0.2, 0) is 19.1 Å². The van der Waals surface area contributed by atoms with E-state index in [2.05, 4.69) is 0 Å². The van der Waals surface area contributed by atoms with E-state index in [-0.39, 0.29) is 36.9 Å². The van der Waals surface area contributed by atoms with E-state index in [0.29, 0.717) is 6.42 Å². The molecule has 5 heteroatoms. The lowest BCUT2D eigenvalue weighted by molar-refractivity contribution is -0.150. The van der Waals surface area contributed by atoms with Gasteiger partial charge in [0.2, 0.25) is 0 Å². The molecule has 0 N–H and O–H groups in total. The van der Waals surface area contributed by atoms with Crippen molar-refractivity contribution in [3.63, 3.8) is 0 Å². The summed E-state index contributed by atoms with van der Waals surface area (Å²) in [5.41, 5.74) is 0. The van der Waals surface area contributed by atoms with Gasteiger partial charge in [0.05, 0.1) is 0 Å². The standard InChI is InChI=1S/C13H19NO4/c1-3-10(4-2)18-13(17)6-5-9-14-11(15)7-8-12(14)16/h7-8,10H,3-6,9H2,1-2H3. The van der Waals surface area contributed by atoms with Gasteiger partial charge >= 0.3 is 5.97 Å². The molecule has 0 fully saturated rings. The Morgan fingerprint density at radius 3 is 2.28 bits per heavy atom. The molecule has 0 atom stereocenters. The third kappa shape index (κ3) is 3.98. The van der Waals surface area contributed by atoms with Crippen LogP contribution in [0.15, 0.2) is 12.2 Å². The summed E-state index contributed by atoms with van der Waals surface area (Å²) >= 11 is 0. The van der Waals surface area contributed by atoms with Crippen molar-refractivity contribution >= 4 is 17.8 Å². The minimum absolute atomic E-state index is 0.0331. The summed E-state index contributed by atoms with van der Waals surface area (Å²) in [4.78, 5) is 35.1. The fourth-order valence-electron chi connectivity index (χ4n) is 1.73. The van der Waals surface area contributed by atoms with Gasteiger partial charge in [-0.15, -0.1) is 0 Å². The quantitative estimate of drug-likeness (QED) is 0.508. The molecular weight excluding hydrogens is 234 g/mol. The van der Waals surface area contributed by atoms with E-state index >= 15 is 0 Å². The van der Waals surface area contributed by atoms with Crippen molar-refractivity contribution in [3.05, 3.63) is 12.2 Å². The largest absolute Gasteiger partial charge is 0.462 e. The molecule has 0 aromatic rings. The molecule has 0 bridgehead atoms. The lowest BCUT2D eigenvalue weighted by Gasteiger charge is -2.15. The normalized spacial score (nSPS) is 14.7. The SMILES string of the molecule is CCC(CC)OC(=O)CCCN1C(=O)C=CC1=O. The highest BCUT2D eigenvalue weighted by molar-refractivity contribution is 6.12. The molecule has 5 nitrogen and oxygen atoms in total. The Morgan fingerprint density at radius 2 is 1.78 bits per heavy atom. The molecule has 0 spiro atoms. The molecule has 0 saturated carbocycles. The maximum atomic E-state index is 11.5. The van der Waals surface area contributed by atoms with Gasteiger partial charge in [0.1, 0.15) is 6.10 Å². The maximum Gasteiger partial charge on any atom is 0.306 e. The van der Waals surface area contributed by atoms with Crippen LogP contribution in [-0.4, -0.2) is 35.3 Å². The predicted octanol–water partition coefficient (Wildman–Crippen LogP) is 1.42. The van der Waals surface area contributed by atoms with E-state index in [9.17, 15) is 14.4 Å². The summed E-state index contributed by atoms with van der Waals surface area (Å²) < 4.78 is 5.22. The van der Waals surface area contributed by atoms with E-state index in [1.165, 1.54) is 12.2 Å². The molecule has 0 radical (unpaired) electrons. The zero-order valence-corrected chi connectivity index (χ0v) is 10.8. The third-order valence-corrected chi connectivity index (χ3v) is 2.87. The highest BCUT2D eigenvalue weighted by Gasteiger charge is 2.22. The molecule has 100 valence electrons. The molecule has 0 aliphatic carbocycles. The first-order valence-electron chi connectivity index (χ1n) is 6.31. The van der Waals surface area contributed by atoms with E-state index in [1.807, 2.05) is 13.8 Å². The molecule has 18 heavy (non-hydrogen) atoms. The van der Waals surface area contributed by atoms with Crippen molar-refractivity contribution in [1.29, 1.82) is 0 Å². The number of ether oxygens (including phenoxy) is 1. The number of carbonyl (C=O) groups excluding carboxylic acids is 3. The number of amides is 2. The second-order valence-electron chi connectivity index (χ2n) is 4.19. The van der Waals surface area contributed by atoms with Crippen molar-refractivity contribution in [2.45, 2.75) is 45.6 Å². The van der Waals surface area contributed by atoms with Crippen molar-refractivity contribution < 1.29 is 19.1 Å². The Labute approximate surface area is 107 Å². The summed E-state index contributed by atoms with van der Waals surface area (Å²) in [6.45, 7) is 4.20. The first-order valence-corrected chi connectivity index (χ1v) is 6.31. The van der Waals surface area contributed by atoms with Gasteiger partial charge in [-0.25, -0.2) is 0 Å². The number of esters is 1. The number of nitrogens with zero attached hydrogens (tertiary/aromatic N) is 1.